The van der Waals surface area contributed by atoms with E-state index >= 15 is 0 Å². The van der Waals surface area contributed by atoms with Crippen LogP contribution < -0.4 is 0 Å². The van der Waals surface area contributed by atoms with Gasteiger partial charge in [0.15, 0.2) is 6.23 Å². The highest BCUT2D eigenvalue weighted by Crippen LogP contribution is 2.31. The standard InChI is InChI=1S/C10H18N2O3/c1-7(13)15-8-10(2,3)6-11(4)9(14)12(8)5/h8H,6H2,1-5H3. The molecule has 1 atom stereocenters. The predicted octanol–water partition coefficient (Wildman–Crippen LogP) is 0.899. The van der Waals surface area contributed by atoms with Gasteiger partial charge in [0.25, 0.3) is 0 Å². The Morgan fingerprint density at radius 3 is 2.47 bits per heavy atom. The van der Waals surface area contributed by atoms with E-state index in [1.807, 2.05) is 13.8 Å². The van der Waals surface area contributed by atoms with Gasteiger partial charge in [0.05, 0.1) is 0 Å². The van der Waals surface area contributed by atoms with Crippen LogP contribution in [0.1, 0.15) is 20.8 Å². The molecular formula is C10H18N2O3. The summed E-state index contributed by atoms with van der Waals surface area (Å²) in [5.41, 5.74) is -0.261. The molecule has 1 fully saturated rings. The van der Waals surface area contributed by atoms with Gasteiger partial charge in [0, 0.05) is 33.0 Å². The number of hydrogen-bond acceptors (Lipinski definition) is 3. The number of ether oxygens (including phenoxy) is 1. The minimum absolute atomic E-state index is 0.124. The summed E-state index contributed by atoms with van der Waals surface area (Å²) in [6, 6.07) is -0.124. The van der Waals surface area contributed by atoms with Gasteiger partial charge in [-0.15, -0.1) is 0 Å². The van der Waals surface area contributed by atoms with Gasteiger partial charge in [-0.1, -0.05) is 13.8 Å². The molecule has 1 aliphatic rings. The lowest BCUT2D eigenvalue weighted by atomic mass is 9.88. The molecule has 5 nitrogen and oxygen atoms in total. The summed E-state index contributed by atoms with van der Waals surface area (Å²) < 4.78 is 5.18. The van der Waals surface area contributed by atoms with Crippen LogP contribution >= 0.6 is 0 Å². The summed E-state index contributed by atoms with van der Waals surface area (Å²) in [7, 11) is 3.39. The molecule has 0 saturated carbocycles. The summed E-state index contributed by atoms with van der Waals surface area (Å²) in [6.07, 6.45) is -0.487. The van der Waals surface area contributed by atoms with Gasteiger partial charge in [-0.25, -0.2) is 4.79 Å². The monoisotopic (exact) mass is 214 g/mol. The van der Waals surface area contributed by atoms with Crippen molar-refractivity contribution in [2.24, 2.45) is 5.41 Å². The van der Waals surface area contributed by atoms with Crippen molar-refractivity contribution < 1.29 is 14.3 Å². The zero-order valence-corrected chi connectivity index (χ0v) is 9.90. The van der Waals surface area contributed by atoms with E-state index < -0.39 is 6.23 Å². The Labute approximate surface area is 90.0 Å². The first-order valence-corrected chi connectivity index (χ1v) is 4.91. The molecule has 0 aromatic carbocycles. The molecule has 1 unspecified atom stereocenters. The average molecular weight is 214 g/mol. The van der Waals surface area contributed by atoms with Crippen LogP contribution in [-0.2, 0) is 9.53 Å². The molecule has 1 saturated heterocycles. The van der Waals surface area contributed by atoms with Crippen molar-refractivity contribution in [1.29, 1.82) is 0 Å². The highest BCUT2D eigenvalue weighted by atomic mass is 16.6. The van der Waals surface area contributed by atoms with Gasteiger partial charge < -0.3 is 9.64 Å². The van der Waals surface area contributed by atoms with Crippen molar-refractivity contribution in [3.8, 4) is 0 Å². The number of amides is 2. The number of nitrogens with zero attached hydrogens (tertiary/aromatic N) is 2. The fourth-order valence-electron chi connectivity index (χ4n) is 2.05. The molecule has 2 amide bonds. The lowest BCUT2D eigenvalue weighted by molar-refractivity contribution is -0.169. The molecule has 0 aromatic heterocycles. The number of urea groups is 1. The van der Waals surface area contributed by atoms with E-state index in [4.69, 9.17) is 4.74 Å². The Kier molecular flexibility index (Phi) is 2.93. The van der Waals surface area contributed by atoms with Crippen LogP contribution in [0.3, 0.4) is 0 Å². The Balaban J connectivity index is 2.90. The summed E-state index contributed by atoms with van der Waals surface area (Å²) in [5.74, 6) is -0.364. The van der Waals surface area contributed by atoms with Gasteiger partial charge >= 0.3 is 12.0 Å². The van der Waals surface area contributed by atoms with Crippen molar-refractivity contribution in [2.45, 2.75) is 27.0 Å². The lowest BCUT2D eigenvalue weighted by Crippen LogP contribution is -2.61. The zero-order valence-electron chi connectivity index (χ0n) is 9.90. The second-order valence-electron chi connectivity index (χ2n) is 4.70. The van der Waals surface area contributed by atoms with Crippen molar-refractivity contribution in [3.05, 3.63) is 0 Å². The number of hydrogen-bond donors (Lipinski definition) is 0. The fourth-order valence-corrected chi connectivity index (χ4v) is 2.05. The minimum Gasteiger partial charge on any atom is -0.441 e. The van der Waals surface area contributed by atoms with E-state index in [9.17, 15) is 9.59 Å². The van der Waals surface area contributed by atoms with Crippen LogP contribution in [-0.4, -0.2) is 48.7 Å². The molecule has 0 radical (unpaired) electrons. The van der Waals surface area contributed by atoms with Crippen LogP contribution in [0.4, 0.5) is 4.79 Å². The van der Waals surface area contributed by atoms with Crippen LogP contribution in [0.25, 0.3) is 0 Å². The normalized spacial score (nSPS) is 25.4. The van der Waals surface area contributed by atoms with Crippen molar-refractivity contribution in [2.75, 3.05) is 20.6 Å². The van der Waals surface area contributed by atoms with Crippen LogP contribution in [0.15, 0.2) is 0 Å². The van der Waals surface area contributed by atoms with Gasteiger partial charge in [-0.2, -0.15) is 0 Å². The number of carbonyl (C=O) groups excluding carboxylic acids is 2. The van der Waals surface area contributed by atoms with Crippen molar-refractivity contribution in [3.63, 3.8) is 0 Å². The Hall–Kier alpha value is -1.26. The highest BCUT2D eigenvalue weighted by Gasteiger charge is 2.44. The van der Waals surface area contributed by atoms with E-state index in [1.165, 1.54) is 11.8 Å². The first-order chi connectivity index (χ1) is 6.75. The van der Waals surface area contributed by atoms with Crippen molar-refractivity contribution in [1.82, 2.24) is 9.80 Å². The van der Waals surface area contributed by atoms with Gasteiger partial charge in [0.2, 0.25) is 0 Å². The molecule has 0 bridgehead atoms. The van der Waals surface area contributed by atoms with Gasteiger partial charge in [-0.05, 0) is 0 Å². The van der Waals surface area contributed by atoms with Crippen LogP contribution in [0.5, 0.6) is 0 Å². The Morgan fingerprint density at radius 1 is 1.47 bits per heavy atom. The maximum Gasteiger partial charge on any atom is 0.322 e. The predicted molar refractivity (Wildman–Crippen MR) is 55.1 cm³/mol. The average Bonchev–Trinajstić information content (AvgIpc) is 2.08. The van der Waals surface area contributed by atoms with Crippen LogP contribution in [0, 0.1) is 5.41 Å². The fraction of sp³-hybridized carbons (Fsp3) is 0.800. The zero-order chi connectivity index (χ0) is 11.8. The van der Waals surface area contributed by atoms with E-state index in [2.05, 4.69) is 0 Å². The van der Waals surface area contributed by atoms with E-state index in [0.717, 1.165) is 0 Å². The van der Waals surface area contributed by atoms with Crippen LogP contribution in [0.2, 0.25) is 0 Å². The molecule has 0 N–H and O–H groups in total. The molecule has 0 spiro atoms. The smallest absolute Gasteiger partial charge is 0.322 e. The molecule has 1 heterocycles. The Morgan fingerprint density at radius 2 is 2.00 bits per heavy atom. The second kappa shape index (κ2) is 3.72. The summed E-state index contributed by atoms with van der Waals surface area (Å²) in [5, 5.41) is 0. The van der Waals surface area contributed by atoms with Crippen molar-refractivity contribution >= 4 is 12.0 Å². The largest absolute Gasteiger partial charge is 0.441 e. The number of rotatable bonds is 1. The SMILES string of the molecule is CC(=O)OC1N(C)C(=O)N(C)CC1(C)C. The number of esters is 1. The van der Waals surface area contributed by atoms with E-state index in [-0.39, 0.29) is 17.4 Å². The third-order valence-electron chi connectivity index (χ3n) is 2.57. The first kappa shape index (κ1) is 11.8. The molecule has 0 aliphatic carbocycles. The third-order valence-corrected chi connectivity index (χ3v) is 2.57. The highest BCUT2D eigenvalue weighted by molar-refractivity contribution is 5.76. The summed E-state index contributed by atoms with van der Waals surface area (Å²) in [4.78, 5) is 25.7. The molecular weight excluding hydrogens is 196 g/mol. The molecule has 0 aromatic rings. The quantitative estimate of drug-likeness (QED) is 0.609. The third kappa shape index (κ3) is 2.22. The summed E-state index contributed by atoms with van der Waals surface area (Å²) >= 11 is 0. The molecule has 15 heavy (non-hydrogen) atoms. The Bertz CT molecular complexity index is 288. The number of carbonyl (C=O) groups is 2. The topological polar surface area (TPSA) is 49.9 Å². The lowest BCUT2D eigenvalue weighted by Gasteiger charge is -2.46. The van der Waals surface area contributed by atoms with Gasteiger partial charge in [-0.3, -0.25) is 9.69 Å². The molecule has 1 aliphatic heterocycles. The van der Waals surface area contributed by atoms with E-state index in [1.54, 1.807) is 19.0 Å². The first-order valence-electron chi connectivity index (χ1n) is 4.91. The van der Waals surface area contributed by atoms with E-state index in [0.29, 0.717) is 6.54 Å². The second-order valence-corrected chi connectivity index (χ2v) is 4.70. The maximum atomic E-state index is 11.7. The molecule has 86 valence electrons. The van der Waals surface area contributed by atoms with Gasteiger partial charge in [0.1, 0.15) is 0 Å². The molecule has 1 rings (SSSR count). The molecule has 5 heteroatoms. The maximum absolute atomic E-state index is 11.7. The minimum atomic E-state index is -0.487. The summed E-state index contributed by atoms with van der Waals surface area (Å²) in [6.45, 7) is 5.88.